The first kappa shape index (κ1) is 78.0. The van der Waals surface area contributed by atoms with Gasteiger partial charge in [0.2, 0.25) is 0 Å². The molecule has 0 aliphatic carbocycles. The molecule has 5 saturated heterocycles. The summed E-state index contributed by atoms with van der Waals surface area (Å²) in [6.07, 6.45) is -65.1. The predicted molar refractivity (Wildman–Crippen MR) is 257 cm³/mol. The third-order valence-electron chi connectivity index (χ3n) is 12.2. The molecular formula is C30H51N3O49S8. The second-order valence-electron chi connectivity index (χ2n) is 18.5. The standard InChI is InChI=1S/C30H51N3O49S8/c34-1-4-16(12(37)7(25(43)71-4)31-83(45,46)47)74-30-21(81-89(63,64)65)15(40)20(23(79-30)26(44)82-90(66,67)68)77-28-9(33-85(51,52)53)18(80-88(60,61)62)17(6(73-28)3-70-87(57,58)59)75-29-14(39)13(38)19(22(78-29)24(41)42)76-27-8(32-84(48,49)50)11(36)10(35)5(72-27)2-69-86(54,55)56/h4-23,25,27-40,43H,1-3H2,(H,41,42)(H,45,46,47)(H,48,49,50)(H,51,52,53)(H,54,55,56)(H,57,58,59)(H,60,61,62)(H,63,64,65)(H,66,67,68)/t4-,5-,6-,7-,8-,9-,10-,11-,12-,13-,14-,15+,16-,17-,18-,19+,20+,21-,22+,23-,25?,27-,28-,29-,30-/m1/s1. The van der Waals surface area contributed by atoms with Crippen LogP contribution in [0.1, 0.15) is 0 Å². The fourth-order valence-corrected chi connectivity index (χ4v) is 12.5. The second kappa shape index (κ2) is 29.3. The Morgan fingerprint density at radius 2 is 0.811 bits per heavy atom. The van der Waals surface area contributed by atoms with Gasteiger partial charge < -0.3 is 92.8 Å². The van der Waals surface area contributed by atoms with Gasteiger partial charge in [-0.15, -0.1) is 0 Å². The summed E-state index contributed by atoms with van der Waals surface area (Å²) >= 11 is 0. The molecule has 0 bridgehead atoms. The van der Waals surface area contributed by atoms with Crippen LogP contribution in [-0.2, 0) is 156 Å². The van der Waals surface area contributed by atoms with Crippen molar-refractivity contribution in [2.45, 2.75) is 153 Å². The zero-order chi connectivity index (χ0) is 68.7. The van der Waals surface area contributed by atoms with Crippen molar-refractivity contribution in [3.05, 3.63) is 0 Å². The number of hydrogen-bond acceptors (Lipinski definition) is 40. The fraction of sp³-hybridized carbons (Fsp3) is 0.933. The summed E-state index contributed by atoms with van der Waals surface area (Å²) in [5.41, 5.74) is 0. The summed E-state index contributed by atoms with van der Waals surface area (Å²) in [5.74, 6) is -5.10. The van der Waals surface area contributed by atoms with Crippen LogP contribution in [0.5, 0.6) is 0 Å². The number of hydrogen-bond donors (Lipinski definition) is 20. The molecule has 25 atom stereocenters. The van der Waals surface area contributed by atoms with Crippen LogP contribution >= 0.6 is 0 Å². The molecule has 60 heteroatoms. The Bertz CT molecular complexity index is 3470. The van der Waals surface area contributed by atoms with Gasteiger partial charge in [0.05, 0.1) is 19.8 Å². The van der Waals surface area contributed by atoms with E-state index in [4.69, 9.17) is 47.2 Å². The molecule has 20 N–H and O–H groups in total. The van der Waals surface area contributed by atoms with Crippen molar-refractivity contribution in [2.75, 3.05) is 19.8 Å². The number of carboxylic acids is 1. The minimum atomic E-state index is -6.41. The first-order valence-corrected chi connectivity index (χ1v) is 34.3. The minimum absolute atomic E-state index is 1.06. The average molecular weight is 1490 g/mol. The van der Waals surface area contributed by atoms with Gasteiger partial charge in [-0.2, -0.15) is 81.5 Å². The van der Waals surface area contributed by atoms with Crippen LogP contribution in [-0.4, -0.2) is 335 Å². The lowest BCUT2D eigenvalue weighted by Crippen LogP contribution is -2.71. The normalized spacial score (nSPS) is 38.9. The molecule has 0 amide bonds. The van der Waals surface area contributed by atoms with Gasteiger partial charge in [0, 0.05) is 0 Å². The number of aliphatic hydroxyl groups is 8. The number of aliphatic hydroxyl groups excluding tert-OH is 8. The Balaban J connectivity index is 1.63. The Kier molecular flexibility index (Phi) is 25.4. The first-order valence-electron chi connectivity index (χ1n) is 23.2. The molecule has 0 spiro atoms. The van der Waals surface area contributed by atoms with E-state index in [-0.39, 0.29) is 0 Å². The quantitative estimate of drug-likeness (QED) is 0.0324. The molecule has 5 heterocycles. The third-order valence-corrected chi connectivity index (χ3v) is 16.1. The van der Waals surface area contributed by atoms with Crippen LogP contribution < -0.4 is 14.2 Å². The third kappa shape index (κ3) is 22.2. The van der Waals surface area contributed by atoms with Crippen LogP contribution in [0.15, 0.2) is 0 Å². The number of rotatable bonds is 28. The van der Waals surface area contributed by atoms with Gasteiger partial charge in [-0.3, -0.25) is 36.4 Å². The highest BCUT2D eigenvalue weighted by atomic mass is 32.3. The minimum Gasteiger partial charge on any atom is -0.479 e. The molecule has 0 aromatic heterocycles. The Hall–Kier alpha value is -2.74. The van der Waals surface area contributed by atoms with E-state index in [1.807, 2.05) is 0 Å². The Morgan fingerprint density at radius 3 is 1.29 bits per heavy atom. The summed E-state index contributed by atoms with van der Waals surface area (Å²) in [6, 6.07) is -8.44. The van der Waals surface area contributed by atoms with Crippen molar-refractivity contribution in [3.63, 3.8) is 0 Å². The lowest BCUT2D eigenvalue weighted by Gasteiger charge is -2.50. The number of ether oxygens (including phenoxy) is 9. The summed E-state index contributed by atoms with van der Waals surface area (Å²) in [4.78, 5) is 26.4. The number of aliphatic carboxylic acids is 1. The van der Waals surface area contributed by atoms with Gasteiger partial charge in [0.1, 0.15) is 104 Å². The maximum Gasteiger partial charge on any atom is 0.449 e. The van der Waals surface area contributed by atoms with Gasteiger partial charge >= 0.3 is 94.8 Å². The largest absolute Gasteiger partial charge is 0.479 e. The SMILES string of the molecule is O=C(O)[C@H]1O[C@@H](O[C@H]2[C@H](OS(=O)(=O)O)[C@@H](NS(=O)(=O)O)[C@@H](O[C@H]3[C@H](O)[C@@H](OS(=O)(=O)O)[C@H](O[C@H]4[C@H](O)[C@@H](NS(=O)(=O)O)C(O)O[C@@H]4CO)O[C@H]3C(=O)OS(=O)(=O)O)O[C@@H]2COS(=O)(=O)O)[C@H](O)[C@@H](O)[C@@H]1O[C@H]1O[C@H](COS(=O)(=O)O)[C@@H](O)[C@H](O)[C@H]1NS(=O)(=O)O. The van der Waals surface area contributed by atoms with Gasteiger partial charge in [0.15, 0.2) is 49.8 Å². The molecule has 5 fully saturated rings. The highest BCUT2D eigenvalue weighted by Gasteiger charge is 2.61. The monoisotopic (exact) mass is 1490 g/mol. The molecule has 0 radical (unpaired) electrons. The van der Waals surface area contributed by atoms with E-state index in [0.29, 0.717) is 0 Å². The molecule has 5 aliphatic heterocycles. The number of carbonyl (C=O) groups excluding carboxylic acids is 1. The zero-order valence-electron chi connectivity index (χ0n) is 43.0. The van der Waals surface area contributed by atoms with Crippen molar-refractivity contribution < 1.29 is 223 Å². The molecule has 52 nitrogen and oxygen atoms in total. The highest BCUT2D eigenvalue weighted by Crippen LogP contribution is 2.39. The van der Waals surface area contributed by atoms with E-state index in [0.717, 1.165) is 4.72 Å². The van der Waals surface area contributed by atoms with E-state index < -0.39 is 268 Å². The van der Waals surface area contributed by atoms with Crippen LogP contribution in [0.2, 0.25) is 0 Å². The van der Waals surface area contributed by atoms with E-state index in [9.17, 15) is 155 Å². The van der Waals surface area contributed by atoms with Crippen molar-refractivity contribution >= 4 is 94.8 Å². The average Bonchev–Trinajstić information content (AvgIpc) is 0.788. The smallest absolute Gasteiger partial charge is 0.449 e. The molecule has 0 aromatic carbocycles. The van der Waals surface area contributed by atoms with E-state index in [1.165, 1.54) is 9.44 Å². The summed E-state index contributed by atoms with van der Waals surface area (Å²) < 4.78 is 340. The van der Waals surface area contributed by atoms with E-state index >= 15 is 0 Å². The molecule has 528 valence electrons. The molecular weight excluding hydrogens is 1440 g/mol. The summed E-state index contributed by atoms with van der Waals surface area (Å²) in [5, 5.41) is 97.4. The van der Waals surface area contributed by atoms with Crippen molar-refractivity contribution in [1.82, 2.24) is 14.2 Å². The van der Waals surface area contributed by atoms with Crippen LogP contribution in [0, 0.1) is 0 Å². The van der Waals surface area contributed by atoms with Crippen molar-refractivity contribution in [3.8, 4) is 0 Å². The molecule has 1 unspecified atom stereocenters. The summed E-state index contributed by atoms with van der Waals surface area (Å²) in [7, 11) is -47.5. The van der Waals surface area contributed by atoms with E-state index in [1.54, 1.807) is 0 Å². The van der Waals surface area contributed by atoms with Crippen molar-refractivity contribution in [1.29, 1.82) is 0 Å². The molecule has 90 heavy (non-hydrogen) atoms. The maximum atomic E-state index is 13.6. The van der Waals surface area contributed by atoms with Crippen molar-refractivity contribution in [2.24, 2.45) is 0 Å². The topological polar surface area (TPSA) is 816 Å². The van der Waals surface area contributed by atoms with E-state index in [2.05, 4.69) is 20.9 Å². The predicted octanol–water partition coefficient (Wildman–Crippen LogP) is -15.0. The fourth-order valence-electron chi connectivity index (χ4n) is 8.80. The number of carboxylic acid groups (broad SMARTS) is 1. The van der Waals surface area contributed by atoms with Crippen LogP contribution in [0.4, 0.5) is 0 Å². The van der Waals surface area contributed by atoms with Gasteiger partial charge in [0.25, 0.3) is 0 Å². The highest BCUT2D eigenvalue weighted by molar-refractivity contribution is 7.84. The van der Waals surface area contributed by atoms with Gasteiger partial charge in [-0.05, 0) is 0 Å². The zero-order valence-corrected chi connectivity index (χ0v) is 49.5. The van der Waals surface area contributed by atoms with Gasteiger partial charge in [-0.25, -0.2) is 26.3 Å². The molecule has 5 rings (SSSR count). The second-order valence-corrected chi connectivity index (χ2v) is 27.3. The number of nitrogens with one attached hydrogen (secondary N) is 3. The van der Waals surface area contributed by atoms with Crippen LogP contribution in [0.25, 0.3) is 0 Å². The number of carbonyl (C=O) groups is 2. The lowest BCUT2D eigenvalue weighted by molar-refractivity contribution is -0.372. The Labute approximate surface area is 502 Å². The van der Waals surface area contributed by atoms with Gasteiger partial charge in [-0.1, -0.05) is 0 Å². The molecule has 0 saturated carbocycles. The lowest BCUT2D eigenvalue weighted by atomic mass is 9.94. The molecule has 0 aromatic rings. The maximum absolute atomic E-state index is 13.6. The van der Waals surface area contributed by atoms with Crippen LogP contribution in [0.3, 0.4) is 0 Å². The summed E-state index contributed by atoms with van der Waals surface area (Å²) in [6.45, 7) is -5.03. The Morgan fingerprint density at radius 1 is 0.378 bits per heavy atom. The first-order chi connectivity index (χ1) is 40.7. The molecule has 5 aliphatic rings.